The zero-order chi connectivity index (χ0) is 18.8. The second-order valence-electron chi connectivity index (χ2n) is 5.56. The second-order valence-corrected chi connectivity index (χ2v) is 5.56. The van der Waals surface area contributed by atoms with Gasteiger partial charge in [-0.3, -0.25) is 0 Å². The van der Waals surface area contributed by atoms with Gasteiger partial charge in [0.25, 0.3) is 0 Å². The number of hydrogen-bond donors (Lipinski definition) is 3. The van der Waals surface area contributed by atoms with Crippen LogP contribution in [0.1, 0.15) is 25.0 Å². The Morgan fingerprint density at radius 3 is 2.41 bits per heavy atom. The zero-order valence-electron chi connectivity index (χ0n) is 16.0. The smallest absolute Gasteiger partial charge is 0.191 e. The minimum Gasteiger partial charge on any atom is -0.504 e. The van der Waals surface area contributed by atoms with Gasteiger partial charge in [0.15, 0.2) is 17.5 Å². The van der Waals surface area contributed by atoms with Crippen molar-refractivity contribution >= 4 is 29.9 Å². The fraction of sp³-hybridized carbons (Fsp3) is 0.350. The molecule has 7 heteroatoms. The molecule has 0 amide bonds. The van der Waals surface area contributed by atoms with Gasteiger partial charge in [-0.2, -0.15) is 0 Å². The van der Waals surface area contributed by atoms with Crippen molar-refractivity contribution in [3.63, 3.8) is 0 Å². The largest absolute Gasteiger partial charge is 0.504 e. The lowest BCUT2D eigenvalue weighted by Crippen LogP contribution is -2.36. The summed E-state index contributed by atoms with van der Waals surface area (Å²) in [6, 6.07) is 13.3. The highest BCUT2D eigenvalue weighted by atomic mass is 127. The molecule has 0 heterocycles. The van der Waals surface area contributed by atoms with Gasteiger partial charge in [-0.1, -0.05) is 30.3 Å². The summed E-state index contributed by atoms with van der Waals surface area (Å²) in [5.74, 6) is 2.11. The van der Waals surface area contributed by atoms with Crippen molar-refractivity contribution in [3.05, 3.63) is 53.6 Å². The van der Waals surface area contributed by atoms with Crippen molar-refractivity contribution in [1.82, 2.24) is 10.6 Å². The van der Waals surface area contributed by atoms with Gasteiger partial charge in [0.2, 0.25) is 0 Å². The number of nitrogens with zero attached hydrogens (tertiary/aromatic N) is 1. The third-order valence-corrected chi connectivity index (χ3v) is 3.77. The Morgan fingerprint density at radius 1 is 1.00 bits per heavy atom. The normalized spacial score (nSPS) is 10.7. The number of halogens is 1. The van der Waals surface area contributed by atoms with E-state index in [0.717, 1.165) is 23.4 Å². The zero-order valence-corrected chi connectivity index (χ0v) is 18.3. The number of methoxy groups -OCH3 is 1. The molecule has 0 aliphatic rings. The van der Waals surface area contributed by atoms with Gasteiger partial charge in [0.1, 0.15) is 5.75 Å². The van der Waals surface area contributed by atoms with Crippen LogP contribution >= 0.6 is 24.0 Å². The number of rotatable bonds is 8. The van der Waals surface area contributed by atoms with Gasteiger partial charge in [-0.15, -0.1) is 24.0 Å². The monoisotopic (exact) mass is 485 g/mol. The molecule has 0 aromatic heterocycles. The summed E-state index contributed by atoms with van der Waals surface area (Å²) >= 11 is 0. The van der Waals surface area contributed by atoms with Crippen LogP contribution in [0, 0.1) is 0 Å². The summed E-state index contributed by atoms with van der Waals surface area (Å²) in [7, 11) is 1.54. The van der Waals surface area contributed by atoms with Crippen molar-refractivity contribution in [3.8, 4) is 17.2 Å². The molecule has 0 aliphatic heterocycles. The standard InChI is InChI=1S/C20H27N3O3.HI/c1-4-21-20(22-13-15-9-6-7-11-17(15)26-5-2)23-14-16-10-8-12-18(25-3)19(16)24;/h6-12,24H,4-5,13-14H2,1-3H3,(H2,21,22,23);1H. The molecule has 2 rings (SSSR count). The molecule has 148 valence electrons. The average Bonchev–Trinajstić information content (AvgIpc) is 2.66. The van der Waals surface area contributed by atoms with Crippen molar-refractivity contribution in [2.24, 2.45) is 4.99 Å². The van der Waals surface area contributed by atoms with Crippen LogP contribution < -0.4 is 20.1 Å². The van der Waals surface area contributed by atoms with Crippen LogP contribution in [0.25, 0.3) is 0 Å². The van der Waals surface area contributed by atoms with Gasteiger partial charge in [-0.05, 0) is 26.0 Å². The van der Waals surface area contributed by atoms with Gasteiger partial charge >= 0.3 is 0 Å². The van der Waals surface area contributed by atoms with E-state index in [-0.39, 0.29) is 29.7 Å². The number of aromatic hydroxyl groups is 1. The molecule has 0 saturated carbocycles. The molecule has 0 unspecified atom stereocenters. The highest BCUT2D eigenvalue weighted by Gasteiger charge is 2.08. The first kappa shape index (κ1) is 22.9. The molecule has 0 bridgehead atoms. The SMILES string of the molecule is CCNC(=NCc1ccccc1OCC)NCc1cccc(OC)c1O.I. The van der Waals surface area contributed by atoms with E-state index in [0.29, 0.717) is 31.4 Å². The first-order valence-electron chi connectivity index (χ1n) is 8.77. The first-order chi connectivity index (χ1) is 12.7. The van der Waals surface area contributed by atoms with Crippen LogP contribution in [-0.2, 0) is 13.1 Å². The molecule has 0 atom stereocenters. The van der Waals surface area contributed by atoms with Gasteiger partial charge in [0, 0.05) is 24.2 Å². The van der Waals surface area contributed by atoms with Crippen LogP contribution in [0.3, 0.4) is 0 Å². The van der Waals surface area contributed by atoms with Crippen molar-refractivity contribution < 1.29 is 14.6 Å². The molecule has 0 aliphatic carbocycles. The Bertz CT molecular complexity index is 738. The number of benzene rings is 2. The lowest BCUT2D eigenvalue weighted by atomic mass is 10.2. The summed E-state index contributed by atoms with van der Waals surface area (Å²) in [5.41, 5.74) is 1.76. The second kappa shape index (κ2) is 12.3. The Hall–Kier alpha value is -2.16. The van der Waals surface area contributed by atoms with Crippen molar-refractivity contribution in [2.75, 3.05) is 20.3 Å². The Labute approximate surface area is 178 Å². The first-order valence-corrected chi connectivity index (χ1v) is 8.77. The fourth-order valence-corrected chi connectivity index (χ4v) is 2.49. The molecule has 2 aromatic carbocycles. The third kappa shape index (κ3) is 6.82. The van der Waals surface area contributed by atoms with Crippen LogP contribution in [-0.4, -0.2) is 31.3 Å². The minimum absolute atomic E-state index is 0. The Balaban J connectivity index is 0.00000364. The predicted molar refractivity (Wildman–Crippen MR) is 119 cm³/mol. The van der Waals surface area contributed by atoms with Gasteiger partial charge < -0.3 is 25.2 Å². The summed E-state index contributed by atoms with van der Waals surface area (Å²) in [6.07, 6.45) is 0. The molecule has 2 aromatic rings. The predicted octanol–water partition coefficient (Wildman–Crippen LogP) is 3.67. The molecule has 6 nitrogen and oxygen atoms in total. The topological polar surface area (TPSA) is 75.1 Å². The maximum atomic E-state index is 10.2. The quantitative estimate of drug-likeness (QED) is 0.302. The molecule has 0 spiro atoms. The van der Waals surface area contributed by atoms with Crippen LogP contribution in [0.4, 0.5) is 0 Å². The number of nitrogens with one attached hydrogen (secondary N) is 2. The summed E-state index contributed by atoms with van der Waals surface area (Å²) < 4.78 is 10.8. The molecular weight excluding hydrogens is 457 g/mol. The molecule has 0 fully saturated rings. The maximum Gasteiger partial charge on any atom is 0.191 e. The Morgan fingerprint density at radius 2 is 1.70 bits per heavy atom. The molecular formula is C20H28IN3O3. The van der Waals surface area contributed by atoms with E-state index in [1.54, 1.807) is 6.07 Å². The van der Waals surface area contributed by atoms with Crippen LogP contribution in [0.2, 0.25) is 0 Å². The Kier molecular flexibility index (Phi) is 10.4. The highest BCUT2D eigenvalue weighted by molar-refractivity contribution is 14.0. The summed E-state index contributed by atoms with van der Waals surface area (Å²) in [5, 5.41) is 16.6. The van der Waals surface area contributed by atoms with Crippen molar-refractivity contribution in [2.45, 2.75) is 26.9 Å². The van der Waals surface area contributed by atoms with E-state index in [2.05, 4.69) is 15.6 Å². The van der Waals surface area contributed by atoms with E-state index in [9.17, 15) is 5.11 Å². The number of guanidine groups is 1. The lowest BCUT2D eigenvalue weighted by molar-refractivity contribution is 0.336. The molecule has 3 N–H and O–H groups in total. The van der Waals surface area contributed by atoms with E-state index in [1.165, 1.54) is 7.11 Å². The highest BCUT2D eigenvalue weighted by Crippen LogP contribution is 2.29. The van der Waals surface area contributed by atoms with Crippen LogP contribution in [0.15, 0.2) is 47.5 Å². The summed E-state index contributed by atoms with van der Waals surface area (Å²) in [4.78, 5) is 4.62. The van der Waals surface area contributed by atoms with E-state index < -0.39 is 0 Å². The minimum atomic E-state index is 0. The van der Waals surface area contributed by atoms with Crippen LogP contribution in [0.5, 0.6) is 17.2 Å². The van der Waals surface area contributed by atoms with E-state index in [4.69, 9.17) is 9.47 Å². The third-order valence-electron chi connectivity index (χ3n) is 3.77. The number of hydrogen-bond acceptors (Lipinski definition) is 4. The molecule has 27 heavy (non-hydrogen) atoms. The molecule has 0 radical (unpaired) electrons. The number of aliphatic imine (C=N–C) groups is 1. The summed E-state index contributed by atoms with van der Waals surface area (Å²) in [6.45, 7) is 6.26. The van der Waals surface area contributed by atoms with Crippen molar-refractivity contribution in [1.29, 1.82) is 0 Å². The number of phenolic OH excluding ortho intramolecular Hbond substituents is 1. The van der Waals surface area contributed by atoms with Gasteiger partial charge in [0.05, 0.1) is 20.3 Å². The van der Waals surface area contributed by atoms with E-state index >= 15 is 0 Å². The lowest BCUT2D eigenvalue weighted by Gasteiger charge is -2.14. The van der Waals surface area contributed by atoms with Gasteiger partial charge in [-0.25, -0.2) is 4.99 Å². The average molecular weight is 485 g/mol. The fourth-order valence-electron chi connectivity index (χ4n) is 2.49. The molecule has 0 saturated heterocycles. The number of phenols is 1. The van der Waals surface area contributed by atoms with E-state index in [1.807, 2.05) is 50.2 Å². The number of para-hydroxylation sites is 2. The number of ether oxygens (including phenoxy) is 2. The maximum absolute atomic E-state index is 10.2.